The van der Waals surface area contributed by atoms with E-state index < -0.39 is 0 Å². The minimum atomic E-state index is 0.0400. The number of anilines is 1. The second-order valence-electron chi connectivity index (χ2n) is 12.0. The minimum absolute atomic E-state index is 0.0400. The predicted octanol–water partition coefficient (Wildman–Crippen LogP) is 5.96. The van der Waals surface area contributed by atoms with E-state index in [-0.39, 0.29) is 29.4 Å². The van der Waals surface area contributed by atoms with Crippen molar-refractivity contribution in [2.75, 3.05) is 18.4 Å². The SMILES string of the molecule is CC(CC(=O)Nc1cccc(C2CC3CN(C(=O)C4CCCC4)CCC3O2)c1)CC(C)(C)C. The number of amides is 2. The molecule has 0 radical (unpaired) electrons. The van der Waals surface area contributed by atoms with Gasteiger partial charge in [-0.05, 0) is 61.1 Å². The molecule has 1 saturated carbocycles. The minimum Gasteiger partial charge on any atom is -0.370 e. The molecule has 1 N–H and O–H groups in total. The van der Waals surface area contributed by atoms with Gasteiger partial charge in [-0.15, -0.1) is 0 Å². The Morgan fingerprint density at radius 3 is 2.67 bits per heavy atom. The van der Waals surface area contributed by atoms with Crippen molar-refractivity contribution in [1.82, 2.24) is 4.90 Å². The average molecular weight is 455 g/mol. The van der Waals surface area contributed by atoms with Crippen LogP contribution in [0.5, 0.6) is 0 Å². The third-order valence-corrected chi connectivity index (χ3v) is 7.57. The fourth-order valence-corrected chi connectivity index (χ4v) is 6.27. The van der Waals surface area contributed by atoms with Crippen molar-refractivity contribution in [3.05, 3.63) is 29.8 Å². The van der Waals surface area contributed by atoms with Gasteiger partial charge in [-0.25, -0.2) is 0 Å². The van der Waals surface area contributed by atoms with E-state index in [0.29, 0.717) is 24.2 Å². The van der Waals surface area contributed by atoms with E-state index in [1.54, 1.807) is 0 Å². The third kappa shape index (κ3) is 6.38. The number of nitrogens with one attached hydrogen (secondary N) is 1. The van der Waals surface area contributed by atoms with Crippen molar-refractivity contribution in [3.63, 3.8) is 0 Å². The van der Waals surface area contributed by atoms with E-state index in [9.17, 15) is 9.59 Å². The maximum Gasteiger partial charge on any atom is 0.225 e. The largest absolute Gasteiger partial charge is 0.370 e. The van der Waals surface area contributed by atoms with Gasteiger partial charge in [-0.2, -0.15) is 0 Å². The number of hydrogen-bond donors (Lipinski definition) is 1. The van der Waals surface area contributed by atoms with E-state index in [2.05, 4.69) is 50.0 Å². The van der Waals surface area contributed by atoms with Crippen LogP contribution in [-0.4, -0.2) is 35.9 Å². The number of hydrogen-bond acceptors (Lipinski definition) is 3. The number of likely N-dealkylation sites (tertiary alicyclic amines) is 1. The van der Waals surface area contributed by atoms with Gasteiger partial charge in [0.05, 0.1) is 12.2 Å². The van der Waals surface area contributed by atoms with Crippen molar-refractivity contribution in [2.24, 2.45) is 23.2 Å². The van der Waals surface area contributed by atoms with Crippen LogP contribution >= 0.6 is 0 Å². The number of piperidine rings is 1. The van der Waals surface area contributed by atoms with Crippen LogP contribution in [0, 0.1) is 23.2 Å². The number of rotatable bonds is 6. The summed E-state index contributed by atoms with van der Waals surface area (Å²) in [5, 5.41) is 3.09. The topological polar surface area (TPSA) is 58.6 Å². The highest BCUT2D eigenvalue weighted by Gasteiger charge is 2.41. The second kappa shape index (κ2) is 10.2. The number of benzene rings is 1. The molecule has 1 aliphatic carbocycles. The van der Waals surface area contributed by atoms with Gasteiger partial charge >= 0.3 is 0 Å². The molecule has 0 bridgehead atoms. The quantitative estimate of drug-likeness (QED) is 0.577. The fourth-order valence-electron chi connectivity index (χ4n) is 6.27. The van der Waals surface area contributed by atoms with Crippen LogP contribution in [0.25, 0.3) is 0 Å². The zero-order valence-corrected chi connectivity index (χ0v) is 20.9. The third-order valence-electron chi connectivity index (χ3n) is 7.57. The summed E-state index contributed by atoms with van der Waals surface area (Å²) in [4.78, 5) is 27.6. The molecule has 4 unspecified atom stereocenters. The molecule has 2 amide bonds. The van der Waals surface area contributed by atoms with Crippen LogP contribution in [0.15, 0.2) is 24.3 Å². The van der Waals surface area contributed by atoms with Gasteiger partial charge in [0.2, 0.25) is 11.8 Å². The molecule has 182 valence electrons. The molecule has 2 aliphatic heterocycles. The molecule has 1 aromatic carbocycles. The Bertz CT molecular complexity index is 840. The highest BCUT2D eigenvalue weighted by atomic mass is 16.5. The summed E-state index contributed by atoms with van der Waals surface area (Å²) in [5.74, 6) is 1.46. The number of carbonyl (C=O) groups is 2. The van der Waals surface area contributed by atoms with Gasteiger partial charge in [0.25, 0.3) is 0 Å². The van der Waals surface area contributed by atoms with E-state index in [1.807, 2.05) is 12.1 Å². The Morgan fingerprint density at radius 2 is 1.94 bits per heavy atom. The molecule has 0 spiro atoms. The molecular formula is C28H42N2O3. The monoisotopic (exact) mass is 454 g/mol. The first-order valence-electron chi connectivity index (χ1n) is 13.0. The van der Waals surface area contributed by atoms with Crippen molar-refractivity contribution < 1.29 is 14.3 Å². The number of nitrogens with zero attached hydrogens (tertiary/aromatic N) is 1. The van der Waals surface area contributed by atoms with E-state index in [1.165, 1.54) is 12.8 Å². The standard InChI is InChI=1S/C28H42N2O3/c1-19(17-28(2,3)4)14-26(31)29-23-11-7-10-21(15-23)25-16-22-18-30(13-12-24(22)33-25)27(32)20-8-5-6-9-20/h7,10-11,15,19-20,22,24-25H,5-6,8-9,12-14,16-18H2,1-4H3,(H,29,31). The zero-order chi connectivity index (χ0) is 23.6. The van der Waals surface area contributed by atoms with Gasteiger partial charge in [0.1, 0.15) is 0 Å². The first kappa shape index (κ1) is 24.3. The Hall–Kier alpha value is -1.88. The van der Waals surface area contributed by atoms with Crippen LogP contribution in [0.1, 0.15) is 90.7 Å². The van der Waals surface area contributed by atoms with Gasteiger partial charge in [-0.1, -0.05) is 52.7 Å². The van der Waals surface area contributed by atoms with Crippen molar-refractivity contribution in [2.45, 2.75) is 91.3 Å². The van der Waals surface area contributed by atoms with Crippen molar-refractivity contribution >= 4 is 17.5 Å². The van der Waals surface area contributed by atoms with Gasteiger partial charge in [0.15, 0.2) is 0 Å². The maximum atomic E-state index is 12.9. The first-order chi connectivity index (χ1) is 15.7. The molecule has 3 fully saturated rings. The molecule has 5 nitrogen and oxygen atoms in total. The molecule has 4 atom stereocenters. The van der Waals surface area contributed by atoms with Gasteiger partial charge in [0, 0.05) is 37.0 Å². The number of fused-ring (bicyclic) bond motifs is 1. The summed E-state index contributed by atoms with van der Waals surface area (Å²) < 4.78 is 6.43. The van der Waals surface area contributed by atoms with E-state index in [0.717, 1.165) is 56.4 Å². The summed E-state index contributed by atoms with van der Waals surface area (Å²) >= 11 is 0. The lowest BCUT2D eigenvalue weighted by molar-refractivity contribution is -0.138. The molecule has 0 aromatic heterocycles. The lowest BCUT2D eigenvalue weighted by Crippen LogP contribution is -2.46. The van der Waals surface area contributed by atoms with Crippen LogP contribution in [-0.2, 0) is 14.3 Å². The highest BCUT2D eigenvalue weighted by molar-refractivity contribution is 5.90. The zero-order valence-electron chi connectivity index (χ0n) is 20.9. The van der Waals surface area contributed by atoms with E-state index in [4.69, 9.17) is 4.74 Å². The fraction of sp³-hybridized carbons (Fsp3) is 0.714. The van der Waals surface area contributed by atoms with Crippen LogP contribution < -0.4 is 5.32 Å². The normalized spacial score (nSPS) is 26.8. The molecule has 5 heteroatoms. The Labute approximate surface area is 199 Å². The summed E-state index contributed by atoms with van der Waals surface area (Å²) in [6.07, 6.45) is 8.24. The molecule has 4 rings (SSSR count). The molecular weight excluding hydrogens is 412 g/mol. The van der Waals surface area contributed by atoms with Gasteiger partial charge in [-0.3, -0.25) is 9.59 Å². The smallest absolute Gasteiger partial charge is 0.225 e. The summed E-state index contributed by atoms with van der Waals surface area (Å²) in [5.41, 5.74) is 2.20. The van der Waals surface area contributed by atoms with Gasteiger partial charge < -0.3 is 15.0 Å². The highest BCUT2D eigenvalue weighted by Crippen LogP contribution is 2.42. The Kier molecular flexibility index (Phi) is 7.47. The number of ether oxygens (including phenoxy) is 1. The van der Waals surface area contributed by atoms with Crippen molar-refractivity contribution in [1.29, 1.82) is 0 Å². The molecule has 3 aliphatic rings. The Balaban J connectivity index is 1.32. The van der Waals surface area contributed by atoms with Crippen LogP contribution in [0.4, 0.5) is 5.69 Å². The summed E-state index contributed by atoms with van der Waals surface area (Å²) in [6, 6.07) is 8.13. The van der Waals surface area contributed by atoms with Crippen LogP contribution in [0.3, 0.4) is 0 Å². The first-order valence-corrected chi connectivity index (χ1v) is 13.0. The number of carbonyl (C=O) groups excluding carboxylic acids is 2. The molecule has 2 heterocycles. The average Bonchev–Trinajstić information content (AvgIpc) is 3.41. The Morgan fingerprint density at radius 1 is 1.18 bits per heavy atom. The second-order valence-corrected chi connectivity index (χ2v) is 12.0. The molecule has 33 heavy (non-hydrogen) atoms. The van der Waals surface area contributed by atoms with Crippen molar-refractivity contribution in [3.8, 4) is 0 Å². The summed E-state index contributed by atoms with van der Waals surface area (Å²) in [7, 11) is 0. The molecule has 1 aromatic rings. The lowest BCUT2D eigenvalue weighted by atomic mass is 9.84. The lowest BCUT2D eigenvalue weighted by Gasteiger charge is -2.35. The maximum absolute atomic E-state index is 12.9. The summed E-state index contributed by atoms with van der Waals surface area (Å²) in [6.45, 7) is 10.5. The predicted molar refractivity (Wildman–Crippen MR) is 132 cm³/mol. The van der Waals surface area contributed by atoms with E-state index >= 15 is 0 Å². The van der Waals surface area contributed by atoms with Crippen LogP contribution in [0.2, 0.25) is 0 Å². The molecule has 2 saturated heterocycles.